The fourth-order valence-electron chi connectivity index (χ4n) is 1.80. The molecule has 0 fully saturated rings. The highest BCUT2D eigenvalue weighted by Gasteiger charge is 2.15. The molecule has 1 amide bonds. The summed E-state index contributed by atoms with van der Waals surface area (Å²) in [5, 5.41) is 2.54. The van der Waals surface area contributed by atoms with Gasteiger partial charge in [-0.15, -0.1) is 0 Å². The number of hydrogen-bond donors (Lipinski definition) is 1. The molecule has 2 rings (SSSR count). The zero-order chi connectivity index (χ0) is 16.0. The number of rotatable bonds is 6. The van der Waals surface area contributed by atoms with E-state index in [1.165, 1.54) is 36.7 Å². The summed E-state index contributed by atoms with van der Waals surface area (Å²) in [6.45, 7) is 1.94. The van der Waals surface area contributed by atoms with Crippen molar-refractivity contribution in [3.8, 4) is 0 Å². The second-order valence-electron chi connectivity index (χ2n) is 4.72. The molecule has 22 heavy (non-hydrogen) atoms. The van der Waals surface area contributed by atoms with Gasteiger partial charge in [-0.1, -0.05) is 13.3 Å². The molecule has 0 aliphatic heterocycles. The normalized spacial score (nSPS) is 11.1. The van der Waals surface area contributed by atoms with Gasteiger partial charge >= 0.3 is 0 Å². The number of nitrogens with zero attached hydrogens (tertiary/aromatic N) is 2. The van der Waals surface area contributed by atoms with E-state index >= 15 is 0 Å². The van der Waals surface area contributed by atoms with Crippen molar-refractivity contribution in [1.82, 2.24) is 9.97 Å². The van der Waals surface area contributed by atoms with E-state index in [0.29, 0.717) is 12.0 Å². The van der Waals surface area contributed by atoms with Gasteiger partial charge in [0.1, 0.15) is 0 Å². The summed E-state index contributed by atoms with van der Waals surface area (Å²) >= 11 is 0. The minimum Gasteiger partial charge on any atom is -0.290 e. The Morgan fingerprint density at radius 1 is 1.14 bits per heavy atom. The first-order chi connectivity index (χ1) is 10.5. The van der Waals surface area contributed by atoms with Crippen LogP contribution >= 0.6 is 0 Å². The summed E-state index contributed by atoms with van der Waals surface area (Å²) in [5.41, 5.74) is 0.349. The maximum absolute atomic E-state index is 12.0. The van der Waals surface area contributed by atoms with Crippen molar-refractivity contribution in [2.24, 2.45) is 0 Å². The first kappa shape index (κ1) is 16.1. The lowest BCUT2D eigenvalue weighted by molar-refractivity contribution is 0.102. The van der Waals surface area contributed by atoms with E-state index in [9.17, 15) is 13.2 Å². The summed E-state index contributed by atoms with van der Waals surface area (Å²) in [6.07, 6.45) is 4.48. The van der Waals surface area contributed by atoms with Crippen LogP contribution in [-0.2, 0) is 9.84 Å². The van der Waals surface area contributed by atoms with E-state index in [1.54, 1.807) is 6.07 Å². The van der Waals surface area contributed by atoms with Crippen LogP contribution in [0.4, 0.5) is 5.95 Å². The highest BCUT2D eigenvalue weighted by molar-refractivity contribution is 7.91. The number of sulfone groups is 1. The van der Waals surface area contributed by atoms with Crippen molar-refractivity contribution in [2.75, 3.05) is 11.1 Å². The molecule has 0 aliphatic rings. The third kappa shape index (κ3) is 4.11. The molecule has 0 spiro atoms. The summed E-state index contributed by atoms with van der Waals surface area (Å²) < 4.78 is 24.1. The molecule has 0 saturated heterocycles. The van der Waals surface area contributed by atoms with E-state index < -0.39 is 9.84 Å². The van der Waals surface area contributed by atoms with E-state index in [-0.39, 0.29) is 22.5 Å². The number of unbranched alkanes of at least 4 members (excludes halogenated alkanes) is 1. The van der Waals surface area contributed by atoms with Gasteiger partial charge < -0.3 is 0 Å². The predicted molar refractivity (Wildman–Crippen MR) is 83.4 cm³/mol. The Morgan fingerprint density at radius 2 is 1.77 bits per heavy atom. The maximum Gasteiger partial charge on any atom is 0.258 e. The van der Waals surface area contributed by atoms with Crippen LogP contribution in [0.5, 0.6) is 0 Å². The Bertz CT molecular complexity index is 728. The molecule has 1 N–H and O–H groups in total. The lowest BCUT2D eigenvalue weighted by atomic mass is 10.2. The average molecular weight is 319 g/mol. The fourth-order valence-corrected chi connectivity index (χ4v) is 3.26. The van der Waals surface area contributed by atoms with Crippen molar-refractivity contribution in [3.05, 3.63) is 48.3 Å². The molecule has 1 aromatic carbocycles. The molecule has 0 unspecified atom stereocenters. The second-order valence-corrected chi connectivity index (χ2v) is 6.83. The van der Waals surface area contributed by atoms with Gasteiger partial charge in [-0.3, -0.25) is 10.1 Å². The van der Waals surface area contributed by atoms with Crippen LogP contribution in [0.2, 0.25) is 0 Å². The van der Waals surface area contributed by atoms with Crippen LogP contribution in [0.25, 0.3) is 0 Å². The van der Waals surface area contributed by atoms with Gasteiger partial charge in [0.2, 0.25) is 5.95 Å². The van der Waals surface area contributed by atoms with Gasteiger partial charge in [0.05, 0.1) is 10.6 Å². The molecule has 0 bridgehead atoms. The monoisotopic (exact) mass is 319 g/mol. The Kier molecular flexibility index (Phi) is 5.21. The molecule has 7 heteroatoms. The van der Waals surface area contributed by atoms with Crippen molar-refractivity contribution >= 4 is 21.7 Å². The highest BCUT2D eigenvalue weighted by atomic mass is 32.2. The summed E-state index contributed by atoms with van der Waals surface area (Å²) in [6, 6.07) is 7.51. The van der Waals surface area contributed by atoms with Crippen LogP contribution in [0.15, 0.2) is 47.6 Å². The SMILES string of the molecule is CCCCS(=O)(=O)c1ccc(C(=O)Nc2ncccn2)cc1. The highest BCUT2D eigenvalue weighted by Crippen LogP contribution is 2.14. The number of aromatic nitrogens is 2. The lowest BCUT2D eigenvalue weighted by Gasteiger charge is -2.06. The molecule has 0 saturated carbocycles. The van der Waals surface area contributed by atoms with Crippen LogP contribution in [0.1, 0.15) is 30.1 Å². The van der Waals surface area contributed by atoms with Gasteiger partial charge in [-0.25, -0.2) is 18.4 Å². The number of anilines is 1. The fraction of sp³-hybridized carbons (Fsp3) is 0.267. The van der Waals surface area contributed by atoms with Crippen LogP contribution in [0, 0.1) is 0 Å². The number of amides is 1. The van der Waals surface area contributed by atoms with Gasteiger partial charge in [-0.2, -0.15) is 0 Å². The van der Waals surface area contributed by atoms with E-state index in [0.717, 1.165) is 6.42 Å². The Balaban J connectivity index is 2.10. The first-order valence-electron chi connectivity index (χ1n) is 6.94. The Morgan fingerprint density at radius 3 is 2.36 bits per heavy atom. The topological polar surface area (TPSA) is 89.0 Å². The zero-order valence-electron chi connectivity index (χ0n) is 12.2. The van der Waals surface area contributed by atoms with E-state index in [1.807, 2.05) is 6.92 Å². The van der Waals surface area contributed by atoms with Gasteiger partial charge in [-0.05, 0) is 36.8 Å². The van der Waals surface area contributed by atoms with Crippen molar-refractivity contribution in [3.63, 3.8) is 0 Å². The summed E-state index contributed by atoms with van der Waals surface area (Å²) in [7, 11) is -3.28. The molecule has 1 heterocycles. The molecule has 0 atom stereocenters. The Labute approximate surface area is 129 Å². The molecule has 0 aliphatic carbocycles. The van der Waals surface area contributed by atoms with Crippen molar-refractivity contribution in [2.45, 2.75) is 24.7 Å². The maximum atomic E-state index is 12.0. The van der Waals surface area contributed by atoms with Crippen LogP contribution < -0.4 is 5.32 Å². The molecule has 2 aromatic rings. The molecule has 1 aromatic heterocycles. The molecule has 0 radical (unpaired) electrons. The zero-order valence-corrected chi connectivity index (χ0v) is 13.0. The van der Waals surface area contributed by atoms with Crippen molar-refractivity contribution in [1.29, 1.82) is 0 Å². The number of carbonyl (C=O) groups excluding carboxylic acids is 1. The second kappa shape index (κ2) is 7.13. The molecule has 116 valence electrons. The van der Waals surface area contributed by atoms with Gasteiger partial charge in [0, 0.05) is 18.0 Å². The smallest absolute Gasteiger partial charge is 0.258 e. The van der Waals surface area contributed by atoms with Crippen LogP contribution in [-0.4, -0.2) is 30.0 Å². The number of hydrogen-bond acceptors (Lipinski definition) is 5. The molecule has 6 nitrogen and oxygen atoms in total. The standard InChI is InChI=1S/C15H17N3O3S/c1-2-3-11-22(20,21)13-7-5-12(6-8-13)14(19)18-15-16-9-4-10-17-15/h4-10H,2-3,11H2,1H3,(H,16,17,18,19). The lowest BCUT2D eigenvalue weighted by Crippen LogP contribution is -2.14. The minimum atomic E-state index is -3.28. The summed E-state index contributed by atoms with van der Waals surface area (Å²) in [4.78, 5) is 20.0. The minimum absolute atomic E-state index is 0.118. The van der Waals surface area contributed by atoms with E-state index in [4.69, 9.17) is 0 Å². The van der Waals surface area contributed by atoms with Crippen molar-refractivity contribution < 1.29 is 13.2 Å². The average Bonchev–Trinajstić information content (AvgIpc) is 2.54. The largest absolute Gasteiger partial charge is 0.290 e. The predicted octanol–water partition coefficient (Wildman–Crippen LogP) is 2.30. The Hall–Kier alpha value is -2.28. The third-order valence-electron chi connectivity index (χ3n) is 3.03. The number of carbonyl (C=O) groups is 1. The van der Waals surface area contributed by atoms with E-state index in [2.05, 4.69) is 15.3 Å². The van der Waals surface area contributed by atoms with Crippen LogP contribution in [0.3, 0.4) is 0 Å². The third-order valence-corrected chi connectivity index (χ3v) is 4.85. The molecular formula is C15H17N3O3S. The first-order valence-corrected chi connectivity index (χ1v) is 8.59. The molecular weight excluding hydrogens is 302 g/mol. The number of nitrogens with one attached hydrogen (secondary N) is 1. The summed E-state index contributed by atoms with van der Waals surface area (Å²) in [5.74, 6) is -0.0664. The van der Waals surface area contributed by atoms with Gasteiger partial charge in [0.25, 0.3) is 5.91 Å². The number of benzene rings is 1. The quantitative estimate of drug-likeness (QED) is 0.882. The van der Waals surface area contributed by atoms with Gasteiger partial charge in [0.15, 0.2) is 9.84 Å².